The SMILES string of the molecule is CCOC(=O)CN(CC)C(=O)c1cc(C)ccc1Br. The Kier molecular flexibility index (Phi) is 6.02. The number of benzene rings is 1. The van der Waals surface area contributed by atoms with Crippen LogP contribution in [0.15, 0.2) is 22.7 Å². The van der Waals surface area contributed by atoms with Crippen LogP contribution in [-0.2, 0) is 9.53 Å². The van der Waals surface area contributed by atoms with E-state index in [1.54, 1.807) is 13.0 Å². The Bertz CT molecular complexity index is 474. The number of hydrogen-bond donors (Lipinski definition) is 0. The van der Waals surface area contributed by atoms with E-state index in [1.807, 2.05) is 26.0 Å². The smallest absolute Gasteiger partial charge is 0.325 e. The van der Waals surface area contributed by atoms with E-state index in [2.05, 4.69) is 15.9 Å². The number of halogens is 1. The summed E-state index contributed by atoms with van der Waals surface area (Å²) in [5.41, 5.74) is 1.56. The van der Waals surface area contributed by atoms with Crippen LogP contribution >= 0.6 is 15.9 Å². The third-order valence-corrected chi connectivity index (χ3v) is 3.34. The van der Waals surface area contributed by atoms with Crippen LogP contribution in [0.3, 0.4) is 0 Å². The monoisotopic (exact) mass is 327 g/mol. The van der Waals surface area contributed by atoms with Crippen molar-refractivity contribution < 1.29 is 14.3 Å². The van der Waals surface area contributed by atoms with Gasteiger partial charge in [-0.25, -0.2) is 0 Å². The second-order valence-corrected chi connectivity index (χ2v) is 4.96. The lowest BCUT2D eigenvalue weighted by atomic mass is 10.1. The van der Waals surface area contributed by atoms with Gasteiger partial charge in [0, 0.05) is 11.0 Å². The quantitative estimate of drug-likeness (QED) is 0.781. The molecule has 0 aliphatic heterocycles. The van der Waals surface area contributed by atoms with E-state index in [-0.39, 0.29) is 18.4 Å². The van der Waals surface area contributed by atoms with Crippen molar-refractivity contribution in [1.82, 2.24) is 4.90 Å². The van der Waals surface area contributed by atoms with Gasteiger partial charge in [0.2, 0.25) is 0 Å². The van der Waals surface area contributed by atoms with Crippen LogP contribution in [-0.4, -0.2) is 36.5 Å². The summed E-state index contributed by atoms with van der Waals surface area (Å²) in [5.74, 6) is -0.562. The standard InChI is InChI=1S/C14H18BrNO3/c1-4-16(9-13(17)19-5-2)14(18)11-8-10(3)6-7-12(11)15/h6-8H,4-5,9H2,1-3H3. The average molecular weight is 328 g/mol. The van der Waals surface area contributed by atoms with Crippen molar-refractivity contribution in [2.75, 3.05) is 19.7 Å². The summed E-state index contributed by atoms with van der Waals surface area (Å²) < 4.78 is 5.60. The number of rotatable bonds is 5. The first kappa shape index (κ1) is 15.7. The summed E-state index contributed by atoms with van der Waals surface area (Å²) in [6.07, 6.45) is 0. The summed E-state index contributed by atoms with van der Waals surface area (Å²) in [7, 11) is 0. The highest BCUT2D eigenvalue weighted by Gasteiger charge is 2.20. The lowest BCUT2D eigenvalue weighted by molar-refractivity contribution is -0.143. The summed E-state index contributed by atoms with van der Waals surface area (Å²) in [6, 6.07) is 5.56. The van der Waals surface area contributed by atoms with Crippen LogP contribution in [0, 0.1) is 6.92 Å². The Morgan fingerprint density at radius 1 is 1.32 bits per heavy atom. The van der Waals surface area contributed by atoms with Gasteiger partial charge in [-0.2, -0.15) is 0 Å². The fourth-order valence-electron chi connectivity index (χ4n) is 1.66. The lowest BCUT2D eigenvalue weighted by Gasteiger charge is -2.20. The molecule has 0 atom stereocenters. The molecule has 0 fully saturated rings. The van der Waals surface area contributed by atoms with Gasteiger partial charge in [-0.15, -0.1) is 0 Å². The summed E-state index contributed by atoms with van der Waals surface area (Å²) in [4.78, 5) is 25.3. The van der Waals surface area contributed by atoms with E-state index in [1.165, 1.54) is 4.90 Å². The molecule has 1 amide bonds. The minimum absolute atomic E-state index is 0.0243. The predicted molar refractivity (Wildman–Crippen MR) is 77.1 cm³/mol. The molecule has 0 aromatic heterocycles. The molecule has 1 aromatic carbocycles. The van der Waals surface area contributed by atoms with Crippen LogP contribution in [0.4, 0.5) is 0 Å². The van der Waals surface area contributed by atoms with Gasteiger partial charge in [-0.1, -0.05) is 11.6 Å². The van der Waals surface area contributed by atoms with E-state index in [0.29, 0.717) is 18.7 Å². The van der Waals surface area contributed by atoms with E-state index in [9.17, 15) is 9.59 Å². The Labute approximate surface area is 121 Å². The zero-order valence-electron chi connectivity index (χ0n) is 11.4. The molecule has 5 heteroatoms. The van der Waals surface area contributed by atoms with Gasteiger partial charge < -0.3 is 9.64 Å². The topological polar surface area (TPSA) is 46.6 Å². The number of likely N-dealkylation sites (N-methyl/N-ethyl adjacent to an activating group) is 1. The second-order valence-electron chi connectivity index (χ2n) is 4.11. The number of carbonyl (C=O) groups excluding carboxylic acids is 2. The number of aryl methyl sites for hydroxylation is 1. The number of amides is 1. The molecule has 0 aliphatic carbocycles. The number of carbonyl (C=O) groups is 2. The minimum atomic E-state index is -0.388. The van der Waals surface area contributed by atoms with Gasteiger partial charge in [-0.3, -0.25) is 9.59 Å². The Morgan fingerprint density at radius 3 is 2.58 bits per heavy atom. The van der Waals surface area contributed by atoms with E-state index >= 15 is 0 Å². The molecule has 0 saturated carbocycles. The highest BCUT2D eigenvalue weighted by Crippen LogP contribution is 2.20. The van der Waals surface area contributed by atoms with E-state index in [0.717, 1.165) is 10.0 Å². The highest BCUT2D eigenvalue weighted by atomic mass is 79.9. The van der Waals surface area contributed by atoms with Crippen molar-refractivity contribution in [2.24, 2.45) is 0 Å². The van der Waals surface area contributed by atoms with Crippen LogP contribution in [0.25, 0.3) is 0 Å². The Hall–Kier alpha value is -1.36. The fourth-order valence-corrected chi connectivity index (χ4v) is 2.08. The Balaban J connectivity index is 2.89. The maximum Gasteiger partial charge on any atom is 0.325 e. The first-order valence-electron chi connectivity index (χ1n) is 6.20. The summed E-state index contributed by atoms with van der Waals surface area (Å²) in [6.45, 7) is 6.25. The van der Waals surface area contributed by atoms with Crippen molar-refractivity contribution >= 4 is 27.8 Å². The molecule has 0 radical (unpaired) electrons. The Morgan fingerprint density at radius 2 is 2.00 bits per heavy atom. The molecule has 0 N–H and O–H groups in total. The average Bonchev–Trinajstić information content (AvgIpc) is 2.38. The molecule has 0 unspecified atom stereocenters. The number of esters is 1. The summed E-state index contributed by atoms with van der Waals surface area (Å²) in [5, 5.41) is 0. The fraction of sp³-hybridized carbons (Fsp3) is 0.429. The molecule has 1 aromatic rings. The maximum atomic E-state index is 12.4. The molecule has 0 bridgehead atoms. The van der Waals surface area contributed by atoms with Gasteiger partial charge >= 0.3 is 5.97 Å². The van der Waals surface area contributed by atoms with Crippen molar-refractivity contribution in [3.8, 4) is 0 Å². The predicted octanol–water partition coefficient (Wildman–Crippen LogP) is 2.78. The molecule has 0 aliphatic rings. The molecular formula is C14H18BrNO3. The normalized spacial score (nSPS) is 10.1. The molecule has 104 valence electrons. The molecule has 0 heterocycles. The van der Waals surface area contributed by atoms with E-state index in [4.69, 9.17) is 4.74 Å². The maximum absolute atomic E-state index is 12.4. The van der Waals surface area contributed by atoms with Gasteiger partial charge in [0.05, 0.1) is 12.2 Å². The second kappa shape index (κ2) is 7.28. The molecular weight excluding hydrogens is 310 g/mol. The first-order valence-corrected chi connectivity index (χ1v) is 6.99. The summed E-state index contributed by atoms with van der Waals surface area (Å²) >= 11 is 3.36. The molecule has 0 saturated heterocycles. The number of ether oxygens (including phenoxy) is 1. The minimum Gasteiger partial charge on any atom is -0.465 e. The number of hydrogen-bond acceptors (Lipinski definition) is 3. The number of nitrogens with zero attached hydrogens (tertiary/aromatic N) is 1. The molecule has 19 heavy (non-hydrogen) atoms. The largest absolute Gasteiger partial charge is 0.465 e. The van der Waals surface area contributed by atoms with E-state index < -0.39 is 0 Å². The van der Waals surface area contributed by atoms with Gasteiger partial charge in [0.25, 0.3) is 5.91 Å². The van der Waals surface area contributed by atoms with Crippen molar-refractivity contribution in [1.29, 1.82) is 0 Å². The highest BCUT2D eigenvalue weighted by molar-refractivity contribution is 9.10. The third-order valence-electron chi connectivity index (χ3n) is 2.65. The lowest BCUT2D eigenvalue weighted by Crippen LogP contribution is -2.36. The zero-order chi connectivity index (χ0) is 14.4. The van der Waals surface area contributed by atoms with Crippen LogP contribution < -0.4 is 0 Å². The van der Waals surface area contributed by atoms with Crippen LogP contribution in [0.2, 0.25) is 0 Å². The molecule has 0 spiro atoms. The molecule has 4 nitrogen and oxygen atoms in total. The zero-order valence-corrected chi connectivity index (χ0v) is 13.0. The van der Waals surface area contributed by atoms with Crippen molar-refractivity contribution in [2.45, 2.75) is 20.8 Å². The van der Waals surface area contributed by atoms with Crippen molar-refractivity contribution in [3.63, 3.8) is 0 Å². The van der Waals surface area contributed by atoms with Crippen LogP contribution in [0.1, 0.15) is 29.8 Å². The molecule has 1 rings (SSSR count). The third kappa shape index (κ3) is 4.35. The van der Waals surface area contributed by atoms with Crippen molar-refractivity contribution in [3.05, 3.63) is 33.8 Å². The van der Waals surface area contributed by atoms with Gasteiger partial charge in [0.1, 0.15) is 6.54 Å². The van der Waals surface area contributed by atoms with Crippen LogP contribution in [0.5, 0.6) is 0 Å². The first-order chi connectivity index (χ1) is 8.99. The van der Waals surface area contributed by atoms with Gasteiger partial charge in [0.15, 0.2) is 0 Å². The van der Waals surface area contributed by atoms with Gasteiger partial charge in [-0.05, 0) is 48.8 Å².